The zero-order chi connectivity index (χ0) is 13.2. The molecule has 3 rings (SSSR count). The largest absolute Gasteiger partial charge is 0.338 e. The summed E-state index contributed by atoms with van der Waals surface area (Å²) in [5, 5.41) is 5.07. The number of hydrogen-bond acceptors (Lipinski definition) is 4. The fourth-order valence-corrected chi connectivity index (χ4v) is 4.02. The summed E-state index contributed by atoms with van der Waals surface area (Å²) in [5.41, 5.74) is 0.820. The third-order valence-corrected chi connectivity index (χ3v) is 5.22. The number of hydrogen-bond donors (Lipinski definition) is 0. The summed E-state index contributed by atoms with van der Waals surface area (Å²) in [5.74, 6) is 0.578. The number of nitrogens with zero attached hydrogens (tertiary/aromatic N) is 2. The second kappa shape index (κ2) is 5.43. The number of aryl methyl sites for hydroxylation is 1. The molecule has 1 aliphatic rings. The minimum atomic E-state index is 0.166. The van der Waals surface area contributed by atoms with Gasteiger partial charge >= 0.3 is 0 Å². The molecule has 3 nitrogen and oxygen atoms in total. The summed E-state index contributed by atoms with van der Waals surface area (Å²) in [6, 6.07) is 1.91. The molecule has 3 heterocycles. The molecule has 19 heavy (non-hydrogen) atoms. The maximum Gasteiger partial charge on any atom is 0.254 e. The Morgan fingerprint density at radius 1 is 1.53 bits per heavy atom. The number of thiophene rings is 1. The lowest BCUT2D eigenvalue weighted by atomic mass is 9.98. The molecule has 0 bridgehead atoms. The van der Waals surface area contributed by atoms with Crippen LogP contribution in [0.15, 0.2) is 23.0 Å². The Morgan fingerprint density at radius 3 is 3.11 bits per heavy atom. The highest BCUT2D eigenvalue weighted by Crippen LogP contribution is 2.30. The Hall–Kier alpha value is -1.20. The van der Waals surface area contributed by atoms with Gasteiger partial charge in [0, 0.05) is 35.5 Å². The summed E-state index contributed by atoms with van der Waals surface area (Å²) < 4.78 is 0. The molecular weight excluding hydrogens is 276 g/mol. The van der Waals surface area contributed by atoms with E-state index in [0.29, 0.717) is 5.92 Å². The molecule has 1 atom stereocenters. The summed E-state index contributed by atoms with van der Waals surface area (Å²) in [6.45, 7) is 3.76. The van der Waals surface area contributed by atoms with Crippen molar-refractivity contribution < 1.29 is 4.79 Å². The third kappa shape index (κ3) is 2.72. The summed E-state index contributed by atoms with van der Waals surface area (Å²) in [7, 11) is 0. The Kier molecular flexibility index (Phi) is 3.66. The van der Waals surface area contributed by atoms with E-state index >= 15 is 0 Å². The van der Waals surface area contributed by atoms with E-state index < -0.39 is 0 Å². The van der Waals surface area contributed by atoms with Crippen LogP contribution in [0, 0.1) is 6.92 Å². The van der Waals surface area contributed by atoms with Gasteiger partial charge in [-0.25, -0.2) is 4.98 Å². The van der Waals surface area contributed by atoms with Crippen LogP contribution >= 0.6 is 22.7 Å². The molecule has 1 amide bonds. The van der Waals surface area contributed by atoms with Crippen molar-refractivity contribution in [3.05, 3.63) is 38.5 Å². The molecule has 2 aromatic rings. The Balaban J connectivity index is 1.73. The first-order valence-electron chi connectivity index (χ1n) is 6.48. The van der Waals surface area contributed by atoms with Crippen LogP contribution < -0.4 is 0 Å². The van der Waals surface area contributed by atoms with E-state index in [1.165, 1.54) is 9.88 Å². The summed E-state index contributed by atoms with van der Waals surface area (Å²) in [6.07, 6.45) is 4.14. The molecule has 0 N–H and O–H groups in total. The average Bonchev–Trinajstić information content (AvgIpc) is 3.09. The fraction of sp³-hybridized carbons (Fsp3) is 0.429. The van der Waals surface area contributed by atoms with Gasteiger partial charge in [-0.05, 0) is 31.2 Å². The van der Waals surface area contributed by atoms with Gasteiger partial charge in [-0.2, -0.15) is 11.3 Å². The van der Waals surface area contributed by atoms with Gasteiger partial charge in [-0.15, -0.1) is 11.3 Å². The highest BCUT2D eigenvalue weighted by molar-refractivity contribution is 7.11. The van der Waals surface area contributed by atoms with Crippen molar-refractivity contribution in [2.24, 2.45) is 0 Å². The summed E-state index contributed by atoms with van der Waals surface area (Å²) >= 11 is 3.33. The van der Waals surface area contributed by atoms with Gasteiger partial charge in [0.25, 0.3) is 5.91 Å². The number of aromatic nitrogens is 1. The molecule has 0 spiro atoms. The van der Waals surface area contributed by atoms with E-state index in [1.807, 2.05) is 27.9 Å². The lowest BCUT2D eigenvalue weighted by molar-refractivity contribution is 0.0707. The van der Waals surface area contributed by atoms with Crippen molar-refractivity contribution in [3.8, 4) is 0 Å². The molecule has 0 unspecified atom stereocenters. The predicted molar refractivity (Wildman–Crippen MR) is 79.0 cm³/mol. The fourth-order valence-electron chi connectivity index (χ4n) is 2.49. The highest BCUT2D eigenvalue weighted by atomic mass is 32.1. The predicted octanol–water partition coefficient (Wildman–Crippen LogP) is 3.53. The van der Waals surface area contributed by atoms with E-state index in [-0.39, 0.29) is 5.91 Å². The molecular formula is C14H16N2OS2. The Labute approximate surface area is 120 Å². The monoisotopic (exact) mass is 292 g/mol. The molecule has 1 fully saturated rings. The number of likely N-dealkylation sites (tertiary alicyclic amines) is 1. The van der Waals surface area contributed by atoms with E-state index in [4.69, 9.17) is 0 Å². The van der Waals surface area contributed by atoms with Gasteiger partial charge in [0.15, 0.2) is 0 Å². The molecule has 5 heteroatoms. The van der Waals surface area contributed by atoms with E-state index in [1.54, 1.807) is 22.7 Å². The van der Waals surface area contributed by atoms with Crippen LogP contribution in [0.2, 0.25) is 0 Å². The molecule has 0 radical (unpaired) electrons. The van der Waals surface area contributed by atoms with Crippen molar-refractivity contribution >= 4 is 28.6 Å². The van der Waals surface area contributed by atoms with Gasteiger partial charge in [-0.3, -0.25) is 4.79 Å². The van der Waals surface area contributed by atoms with Gasteiger partial charge in [0.1, 0.15) is 0 Å². The van der Waals surface area contributed by atoms with Crippen LogP contribution in [0.1, 0.15) is 39.0 Å². The number of carbonyl (C=O) groups excluding carboxylic acids is 1. The molecule has 100 valence electrons. The highest BCUT2D eigenvalue weighted by Gasteiger charge is 2.27. The Bertz CT molecular complexity index is 562. The smallest absolute Gasteiger partial charge is 0.254 e. The number of rotatable bonds is 2. The van der Waals surface area contributed by atoms with E-state index in [9.17, 15) is 4.79 Å². The normalized spacial score (nSPS) is 19.6. The average molecular weight is 292 g/mol. The minimum absolute atomic E-state index is 0.166. The number of thiazole rings is 1. The number of amides is 1. The lowest BCUT2D eigenvalue weighted by Crippen LogP contribution is -2.38. The molecule has 2 aromatic heterocycles. The second-order valence-corrected chi connectivity index (χ2v) is 6.96. The first-order chi connectivity index (χ1) is 9.24. The van der Waals surface area contributed by atoms with Crippen LogP contribution in [-0.4, -0.2) is 28.9 Å². The van der Waals surface area contributed by atoms with Crippen molar-refractivity contribution in [1.82, 2.24) is 9.88 Å². The number of carbonyl (C=O) groups is 1. The maximum atomic E-state index is 12.4. The van der Waals surface area contributed by atoms with Crippen LogP contribution in [0.4, 0.5) is 0 Å². The third-order valence-electron chi connectivity index (χ3n) is 3.47. The summed E-state index contributed by atoms with van der Waals surface area (Å²) in [4.78, 5) is 20.1. The van der Waals surface area contributed by atoms with Gasteiger partial charge in [-0.1, -0.05) is 0 Å². The van der Waals surface area contributed by atoms with E-state index in [0.717, 1.165) is 31.5 Å². The SMILES string of the molecule is Cc1cnc([C@H]2CCCN(C(=O)c3ccsc3)C2)s1. The topological polar surface area (TPSA) is 33.2 Å². The minimum Gasteiger partial charge on any atom is -0.338 e. The van der Waals surface area contributed by atoms with Crippen LogP contribution in [-0.2, 0) is 0 Å². The maximum absolute atomic E-state index is 12.4. The van der Waals surface area contributed by atoms with Gasteiger partial charge in [0.05, 0.1) is 10.6 Å². The number of piperidine rings is 1. The van der Waals surface area contributed by atoms with Crippen LogP contribution in [0.25, 0.3) is 0 Å². The van der Waals surface area contributed by atoms with Crippen molar-refractivity contribution in [1.29, 1.82) is 0 Å². The zero-order valence-electron chi connectivity index (χ0n) is 10.8. The zero-order valence-corrected chi connectivity index (χ0v) is 12.5. The molecule has 0 aliphatic carbocycles. The lowest BCUT2D eigenvalue weighted by Gasteiger charge is -2.31. The molecule has 1 saturated heterocycles. The molecule has 0 aromatic carbocycles. The van der Waals surface area contributed by atoms with E-state index in [2.05, 4.69) is 11.9 Å². The Morgan fingerprint density at radius 2 is 2.42 bits per heavy atom. The van der Waals surface area contributed by atoms with Crippen molar-refractivity contribution in [2.45, 2.75) is 25.7 Å². The molecule has 0 saturated carbocycles. The van der Waals surface area contributed by atoms with Crippen LogP contribution in [0.5, 0.6) is 0 Å². The van der Waals surface area contributed by atoms with Gasteiger partial charge < -0.3 is 4.90 Å². The first-order valence-corrected chi connectivity index (χ1v) is 8.24. The second-order valence-electron chi connectivity index (χ2n) is 4.91. The first kappa shape index (κ1) is 12.8. The standard InChI is InChI=1S/C14H16N2OS2/c1-10-7-15-13(19-10)11-3-2-5-16(8-11)14(17)12-4-6-18-9-12/h4,6-7,9,11H,2-3,5,8H2,1H3/t11-/m0/s1. The molecule has 1 aliphatic heterocycles. The van der Waals surface area contributed by atoms with Crippen LogP contribution in [0.3, 0.4) is 0 Å². The quantitative estimate of drug-likeness (QED) is 0.848. The van der Waals surface area contributed by atoms with Crippen molar-refractivity contribution in [3.63, 3.8) is 0 Å². The van der Waals surface area contributed by atoms with Gasteiger partial charge in [0.2, 0.25) is 0 Å². The van der Waals surface area contributed by atoms with Crippen molar-refractivity contribution in [2.75, 3.05) is 13.1 Å².